The van der Waals surface area contributed by atoms with Gasteiger partial charge in [0.2, 0.25) is 0 Å². The van der Waals surface area contributed by atoms with E-state index in [0.29, 0.717) is 26.2 Å². The van der Waals surface area contributed by atoms with Crippen LogP contribution in [0.5, 0.6) is 0 Å². The fourth-order valence-corrected chi connectivity index (χ4v) is 2.16. The van der Waals surface area contributed by atoms with Gasteiger partial charge in [-0.1, -0.05) is 0 Å². The summed E-state index contributed by atoms with van der Waals surface area (Å²) in [6, 6.07) is 1.96. The van der Waals surface area contributed by atoms with Crippen LogP contribution in [0.15, 0.2) is 11.8 Å². The highest BCUT2D eigenvalue weighted by atomic mass is 16.5. The molecule has 6 nitrogen and oxygen atoms in total. The van der Waals surface area contributed by atoms with Gasteiger partial charge in [0.15, 0.2) is 0 Å². The minimum Gasteiger partial charge on any atom is -0.385 e. The number of amides is 1. The van der Waals surface area contributed by atoms with E-state index in [-0.39, 0.29) is 23.7 Å². The quantitative estimate of drug-likeness (QED) is 0.440. The minimum atomic E-state index is -0.338. The van der Waals surface area contributed by atoms with Crippen LogP contribution in [0.4, 0.5) is 0 Å². The van der Waals surface area contributed by atoms with E-state index in [1.165, 1.54) is 0 Å². The molecule has 2 unspecified atom stereocenters. The van der Waals surface area contributed by atoms with Gasteiger partial charge in [0.1, 0.15) is 11.6 Å². The van der Waals surface area contributed by atoms with Gasteiger partial charge >= 0.3 is 0 Å². The summed E-state index contributed by atoms with van der Waals surface area (Å²) >= 11 is 0. The summed E-state index contributed by atoms with van der Waals surface area (Å²) in [6.45, 7) is 6.42. The highest BCUT2D eigenvalue weighted by Gasteiger charge is 2.21. The van der Waals surface area contributed by atoms with Crippen molar-refractivity contribution in [1.82, 2.24) is 10.2 Å². The number of nitrogens with zero attached hydrogens (tertiary/aromatic N) is 2. The molecule has 2 atom stereocenters. The summed E-state index contributed by atoms with van der Waals surface area (Å²) in [7, 11) is 1.61. The molecule has 1 aliphatic heterocycles. The minimum absolute atomic E-state index is 0.0970. The molecule has 1 heterocycles. The lowest BCUT2D eigenvalue weighted by Crippen LogP contribution is -2.43. The van der Waals surface area contributed by atoms with Crippen molar-refractivity contribution in [3.05, 3.63) is 11.8 Å². The average molecular weight is 281 g/mol. The number of carbonyl (C=O) groups is 1. The van der Waals surface area contributed by atoms with Crippen molar-refractivity contribution in [2.24, 2.45) is 0 Å². The smallest absolute Gasteiger partial charge is 0.263 e. The Morgan fingerprint density at radius 2 is 2.15 bits per heavy atom. The van der Waals surface area contributed by atoms with Crippen molar-refractivity contribution in [2.75, 3.05) is 33.4 Å². The number of hydrogen-bond donors (Lipinski definition) is 1. The third kappa shape index (κ3) is 5.59. The van der Waals surface area contributed by atoms with Crippen LogP contribution in [0, 0.1) is 11.3 Å². The summed E-state index contributed by atoms with van der Waals surface area (Å²) in [5.41, 5.74) is 0.128. The van der Waals surface area contributed by atoms with Crippen molar-refractivity contribution in [3.8, 4) is 6.07 Å². The van der Waals surface area contributed by atoms with E-state index in [1.807, 2.05) is 24.8 Å². The molecule has 112 valence electrons. The maximum absolute atomic E-state index is 11.9. The van der Waals surface area contributed by atoms with Gasteiger partial charge in [0.25, 0.3) is 5.91 Å². The van der Waals surface area contributed by atoms with Crippen LogP contribution in [-0.4, -0.2) is 56.4 Å². The number of rotatable bonds is 6. The van der Waals surface area contributed by atoms with Gasteiger partial charge in [0.05, 0.1) is 12.2 Å². The van der Waals surface area contributed by atoms with Crippen LogP contribution < -0.4 is 5.32 Å². The molecule has 0 saturated carbocycles. The lowest BCUT2D eigenvalue weighted by atomic mass is 10.2. The molecule has 0 spiro atoms. The fourth-order valence-electron chi connectivity index (χ4n) is 2.16. The van der Waals surface area contributed by atoms with E-state index in [9.17, 15) is 4.79 Å². The first-order valence-corrected chi connectivity index (χ1v) is 6.85. The number of hydrogen-bond acceptors (Lipinski definition) is 5. The van der Waals surface area contributed by atoms with Crippen LogP contribution in [-0.2, 0) is 14.3 Å². The summed E-state index contributed by atoms with van der Waals surface area (Å²) in [5, 5.41) is 11.8. The van der Waals surface area contributed by atoms with E-state index < -0.39 is 0 Å². The van der Waals surface area contributed by atoms with Gasteiger partial charge in [-0.25, -0.2) is 0 Å². The molecular weight excluding hydrogens is 258 g/mol. The first kappa shape index (κ1) is 16.5. The molecular formula is C14H23N3O3. The van der Waals surface area contributed by atoms with Crippen molar-refractivity contribution in [1.29, 1.82) is 5.26 Å². The number of methoxy groups -OCH3 is 1. The van der Waals surface area contributed by atoms with Gasteiger partial charge in [0, 0.05) is 39.6 Å². The number of morpholine rings is 1. The Balaban J connectivity index is 2.53. The number of nitriles is 1. The molecule has 0 aromatic heterocycles. The Hall–Kier alpha value is -1.58. The number of carbonyl (C=O) groups excluding carboxylic acids is 1. The van der Waals surface area contributed by atoms with E-state index >= 15 is 0 Å². The van der Waals surface area contributed by atoms with Crippen LogP contribution in [0.25, 0.3) is 0 Å². The summed E-state index contributed by atoms with van der Waals surface area (Å²) in [4.78, 5) is 13.8. The molecule has 0 bridgehead atoms. The molecule has 1 N–H and O–H groups in total. The standard InChI is InChI=1S/C14H23N3O3/c1-11-8-17(9-12(2)20-11)10-13(7-15)14(18)16-5-4-6-19-3/h10-12H,4-6,8-9H2,1-3H3,(H,16,18)/b13-10-. The van der Waals surface area contributed by atoms with E-state index in [2.05, 4.69) is 5.32 Å². The Morgan fingerprint density at radius 1 is 1.50 bits per heavy atom. The van der Waals surface area contributed by atoms with Gasteiger partial charge in [-0.15, -0.1) is 0 Å². The highest BCUT2D eigenvalue weighted by Crippen LogP contribution is 2.12. The van der Waals surface area contributed by atoms with Gasteiger partial charge in [-0.3, -0.25) is 4.79 Å². The zero-order valence-corrected chi connectivity index (χ0v) is 12.4. The van der Waals surface area contributed by atoms with E-state index in [4.69, 9.17) is 14.7 Å². The predicted octanol–water partition coefficient (Wildman–Crippen LogP) is 0.656. The Labute approximate surface area is 120 Å². The Kier molecular flexibility index (Phi) is 7.05. The largest absolute Gasteiger partial charge is 0.385 e. The molecule has 0 aromatic rings. The molecule has 0 aliphatic carbocycles. The fraction of sp³-hybridized carbons (Fsp3) is 0.714. The lowest BCUT2D eigenvalue weighted by Gasteiger charge is -2.34. The number of nitrogens with one attached hydrogen (secondary N) is 1. The molecule has 6 heteroatoms. The molecule has 1 aliphatic rings. The molecule has 20 heavy (non-hydrogen) atoms. The Morgan fingerprint density at radius 3 is 2.70 bits per heavy atom. The predicted molar refractivity (Wildman–Crippen MR) is 74.8 cm³/mol. The third-order valence-corrected chi connectivity index (χ3v) is 2.94. The first-order valence-electron chi connectivity index (χ1n) is 6.85. The zero-order valence-electron chi connectivity index (χ0n) is 12.4. The molecule has 1 rings (SSSR count). The summed E-state index contributed by atoms with van der Waals surface area (Å²) < 4.78 is 10.5. The van der Waals surface area contributed by atoms with Crippen LogP contribution >= 0.6 is 0 Å². The van der Waals surface area contributed by atoms with Crippen LogP contribution in [0.1, 0.15) is 20.3 Å². The monoisotopic (exact) mass is 281 g/mol. The van der Waals surface area contributed by atoms with Gasteiger partial charge < -0.3 is 19.7 Å². The average Bonchev–Trinajstić information content (AvgIpc) is 2.39. The summed E-state index contributed by atoms with van der Waals surface area (Å²) in [6.07, 6.45) is 2.55. The highest BCUT2D eigenvalue weighted by molar-refractivity contribution is 5.97. The Bertz CT molecular complexity index is 380. The van der Waals surface area contributed by atoms with Gasteiger partial charge in [-0.2, -0.15) is 5.26 Å². The summed E-state index contributed by atoms with van der Waals surface area (Å²) in [5.74, 6) is -0.338. The lowest BCUT2D eigenvalue weighted by molar-refractivity contribution is -0.117. The van der Waals surface area contributed by atoms with Gasteiger partial charge in [-0.05, 0) is 20.3 Å². The maximum atomic E-state index is 11.9. The van der Waals surface area contributed by atoms with E-state index in [0.717, 1.165) is 6.42 Å². The molecule has 1 amide bonds. The van der Waals surface area contributed by atoms with Crippen molar-refractivity contribution < 1.29 is 14.3 Å². The molecule has 0 radical (unpaired) electrons. The van der Waals surface area contributed by atoms with Crippen LogP contribution in [0.2, 0.25) is 0 Å². The van der Waals surface area contributed by atoms with E-state index in [1.54, 1.807) is 13.3 Å². The van der Waals surface area contributed by atoms with Crippen molar-refractivity contribution in [2.45, 2.75) is 32.5 Å². The second-order valence-electron chi connectivity index (χ2n) is 4.97. The second kappa shape index (κ2) is 8.56. The molecule has 1 saturated heterocycles. The molecule has 0 aromatic carbocycles. The second-order valence-corrected chi connectivity index (χ2v) is 4.97. The SMILES string of the molecule is COCCCNC(=O)/C(C#N)=C\N1CC(C)OC(C)C1. The maximum Gasteiger partial charge on any atom is 0.263 e. The normalized spacial score (nSPS) is 23.3. The molecule has 1 fully saturated rings. The van der Waals surface area contributed by atoms with Crippen molar-refractivity contribution >= 4 is 5.91 Å². The zero-order chi connectivity index (χ0) is 15.0. The van der Waals surface area contributed by atoms with Crippen LogP contribution in [0.3, 0.4) is 0 Å². The topological polar surface area (TPSA) is 74.6 Å². The van der Waals surface area contributed by atoms with Crippen molar-refractivity contribution in [3.63, 3.8) is 0 Å². The third-order valence-electron chi connectivity index (χ3n) is 2.94. The number of ether oxygens (including phenoxy) is 2. The first-order chi connectivity index (χ1) is 9.56.